The Kier molecular flexibility index (Phi) is 11.8. The first-order valence-corrected chi connectivity index (χ1v) is 25.9. The van der Waals surface area contributed by atoms with Gasteiger partial charge < -0.3 is 25.2 Å². The lowest BCUT2D eigenvalue weighted by molar-refractivity contribution is -0.137. The minimum atomic E-state index is -0.882. The van der Waals surface area contributed by atoms with Crippen molar-refractivity contribution < 1.29 is 33.1 Å². The van der Waals surface area contributed by atoms with Gasteiger partial charge in [0.2, 0.25) is 17.7 Å². The second-order valence-electron chi connectivity index (χ2n) is 22.4. The Morgan fingerprint density at radius 2 is 1.75 bits per heavy atom. The number of hydrogen-bond donors (Lipinski definition) is 4. The molecule has 2 aliphatic carbocycles. The maximum atomic E-state index is 16.6. The Morgan fingerprint density at radius 1 is 0.986 bits per heavy atom. The maximum Gasteiger partial charge on any atom is 0.255 e. The standard InChI is InChI=1S/C57H61ClFN7O6/c1-32(2)42-27-43-39(29-60-42)57(31-61-43)47(37-10-7-11-40(58)48(37)59)49(64-56(57)20-18-54(3,4)19-21-56)51(69)62-41-15-13-34(26-45(41)72-5)52(70)65-24-22-55(23-25-65)28-35(55)14-12-33-8-6-9-36-38(33)30-66(53(36)71)44-16-17-46(67)63-50(44)68/h6-11,13,15,26-27,29,32,35,44,47,49,61,64H,16-25,28,30-31H2,1-5H3,(H,62,69)(H,63,67,68)/t35-,44+,47+,49-,57-/m1/s1. The molecule has 4 aromatic rings. The average Bonchev–Trinajstić information content (AvgIpc) is 3.58. The molecule has 3 spiro atoms. The maximum absolute atomic E-state index is 16.6. The third kappa shape index (κ3) is 7.84. The average molecular weight is 995 g/mol. The van der Waals surface area contributed by atoms with E-state index in [1.54, 1.807) is 47.4 Å². The number of imide groups is 1. The number of aromatic nitrogens is 1. The number of hydrogen-bond acceptors (Lipinski definition) is 9. The van der Waals surface area contributed by atoms with Crippen molar-refractivity contribution in [1.29, 1.82) is 0 Å². The molecule has 5 amide bonds. The molecule has 0 unspecified atom stereocenters. The lowest BCUT2D eigenvalue weighted by Gasteiger charge is -2.51. The quantitative estimate of drug-likeness (QED) is 0.105. The Hall–Kier alpha value is -6.30. The number of benzene rings is 3. The number of halogens is 2. The lowest BCUT2D eigenvalue weighted by atomic mass is 9.54. The largest absolute Gasteiger partial charge is 0.495 e. The van der Waals surface area contributed by atoms with Crippen LogP contribution < -0.4 is 26.0 Å². The molecule has 374 valence electrons. The molecule has 0 radical (unpaired) electrons. The molecule has 0 bridgehead atoms. The van der Waals surface area contributed by atoms with Crippen molar-refractivity contribution in [2.24, 2.45) is 16.7 Å². The van der Waals surface area contributed by atoms with Gasteiger partial charge in [0, 0.05) is 95.2 Å². The van der Waals surface area contributed by atoms with Crippen LogP contribution in [-0.4, -0.2) is 88.7 Å². The SMILES string of the molecule is COc1cc(C(=O)N2CCC3(CC2)C[C@H]3C#Cc2cccc3c2CN([C@H]2CCC(=O)NC2=O)C3=O)ccc1NC(=O)[C@@H]1NC2(CCC(C)(C)CC2)[C@@]2(CNc3cc(C(C)C)ncc32)[C@H]1c1cccc(Cl)c1F. The van der Waals surface area contributed by atoms with Crippen molar-refractivity contribution in [1.82, 2.24) is 25.4 Å². The summed E-state index contributed by atoms with van der Waals surface area (Å²) in [5, 5.41) is 13.1. The van der Waals surface area contributed by atoms with Crippen LogP contribution in [0.2, 0.25) is 5.02 Å². The van der Waals surface area contributed by atoms with Crippen LogP contribution in [0.1, 0.15) is 146 Å². The van der Waals surface area contributed by atoms with E-state index >= 15 is 9.18 Å². The summed E-state index contributed by atoms with van der Waals surface area (Å²) in [4.78, 5) is 75.4. The van der Waals surface area contributed by atoms with E-state index in [2.05, 4.69) is 66.9 Å². The summed E-state index contributed by atoms with van der Waals surface area (Å²) in [5.41, 5.74) is 4.96. The van der Waals surface area contributed by atoms with Gasteiger partial charge in [-0.2, -0.15) is 0 Å². The van der Waals surface area contributed by atoms with E-state index < -0.39 is 40.7 Å². The number of carbonyl (C=O) groups excluding carboxylic acids is 5. The number of rotatable bonds is 7. The molecule has 5 atom stereocenters. The second-order valence-corrected chi connectivity index (χ2v) is 22.8. The van der Waals surface area contributed by atoms with Crippen LogP contribution in [0.4, 0.5) is 15.8 Å². The Morgan fingerprint density at radius 3 is 2.49 bits per heavy atom. The Bertz CT molecular complexity index is 3020. The molecule has 5 aliphatic heterocycles. The predicted molar refractivity (Wildman–Crippen MR) is 271 cm³/mol. The van der Waals surface area contributed by atoms with Crippen molar-refractivity contribution in [2.45, 2.75) is 127 Å². The Balaban J connectivity index is 0.800. The number of ether oxygens (including phenoxy) is 1. The highest BCUT2D eigenvalue weighted by atomic mass is 35.5. The van der Waals surface area contributed by atoms with Crippen molar-refractivity contribution >= 4 is 52.5 Å². The fraction of sp³-hybridized carbons (Fsp3) is 0.474. The number of carbonyl (C=O) groups is 5. The topological polar surface area (TPSA) is 162 Å². The summed E-state index contributed by atoms with van der Waals surface area (Å²) in [5.74, 6) is 4.87. The summed E-state index contributed by atoms with van der Waals surface area (Å²) >= 11 is 6.55. The molecule has 11 rings (SSSR count). The fourth-order valence-corrected chi connectivity index (χ4v) is 13.4. The number of piperidine rings is 2. The summed E-state index contributed by atoms with van der Waals surface area (Å²) in [7, 11) is 1.51. The van der Waals surface area contributed by atoms with Gasteiger partial charge in [0.1, 0.15) is 17.6 Å². The molecule has 4 N–H and O–H groups in total. The van der Waals surface area contributed by atoms with Crippen molar-refractivity contribution in [3.8, 4) is 17.6 Å². The van der Waals surface area contributed by atoms with Crippen LogP contribution in [0.15, 0.2) is 66.9 Å². The van der Waals surface area contributed by atoms with Gasteiger partial charge in [-0.1, -0.05) is 69.3 Å². The zero-order chi connectivity index (χ0) is 50.5. The number of nitrogens with one attached hydrogen (secondary N) is 4. The van der Waals surface area contributed by atoms with Gasteiger partial charge >= 0.3 is 0 Å². The summed E-state index contributed by atoms with van der Waals surface area (Å²) in [6.07, 6.45) is 8.36. The highest BCUT2D eigenvalue weighted by Gasteiger charge is 2.69. The van der Waals surface area contributed by atoms with Gasteiger partial charge in [-0.05, 0) is 122 Å². The van der Waals surface area contributed by atoms with E-state index in [1.165, 1.54) is 7.11 Å². The predicted octanol–water partition coefficient (Wildman–Crippen LogP) is 8.46. The van der Waals surface area contributed by atoms with Gasteiger partial charge in [0.05, 0.1) is 23.9 Å². The lowest BCUT2D eigenvalue weighted by Crippen LogP contribution is -2.59. The molecule has 72 heavy (non-hydrogen) atoms. The van der Waals surface area contributed by atoms with E-state index in [-0.39, 0.29) is 64.3 Å². The van der Waals surface area contributed by atoms with Crippen LogP contribution in [0.5, 0.6) is 5.75 Å². The molecule has 2 saturated carbocycles. The number of likely N-dealkylation sites (tertiary alicyclic amines) is 1. The molecule has 13 nitrogen and oxygen atoms in total. The molecule has 3 aromatic carbocycles. The van der Waals surface area contributed by atoms with E-state index in [0.717, 1.165) is 73.0 Å². The number of amides is 5. The van der Waals surface area contributed by atoms with E-state index in [1.807, 2.05) is 23.2 Å². The highest BCUT2D eigenvalue weighted by Crippen LogP contribution is 2.64. The molecule has 15 heteroatoms. The molecule has 3 saturated heterocycles. The normalized spacial score (nSPS) is 26.2. The van der Waals surface area contributed by atoms with Gasteiger partial charge in [0.15, 0.2) is 0 Å². The molecule has 7 aliphatic rings. The van der Waals surface area contributed by atoms with Gasteiger partial charge in [-0.15, -0.1) is 0 Å². The first kappa shape index (κ1) is 48.0. The number of pyridine rings is 1. The number of fused-ring (bicyclic) bond motifs is 4. The minimum absolute atomic E-state index is 0.00305. The van der Waals surface area contributed by atoms with Crippen LogP contribution >= 0.6 is 11.6 Å². The highest BCUT2D eigenvalue weighted by molar-refractivity contribution is 6.30. The smallest absolute Gasteiger partial charge is 0.255 e. The zero-order valence-corrected chi connectivity index (χ0v) is 42.2. The van der Waals surface area contributed by atoms with Gasteiger partial charge in [-0.3, -0.25) is 39.6 Å². The van der Waals surface area contributed by atoms with E-state index in [0.29, 0.717) is 54.2 Å². The summed E-state index contributed by atoms with van der Waals surface area (Å²) in [6.45, 7) is 10.7. The molecular formula is C57H61ClFN7O6. The minimum Gasteiger partial charge on any atom is -0.495 e. The summed E-state index contributed by atoms with van der Waals surface area (Å²) < 4.78 is 22.5. The first-order valence-electron chi connectivity index (χ1n) is 25.5. The number of nitrogens with zero attached hydrogens (tertiary/aromatic N) is 3. The van der Waals surface area contributed by atoms with Gasteiger partial charge in [0.25, 0.3) is 11.8 Å². The molecular weight excluding hydrogens is 933 g/mol. The van der Waals surface area contributed by atoms with Crippen molar-refractivity contribution in [3.05, 3.63) is 117 Å². The van der Waals surface area contributed by atoms with Crippen molar-refractivity contribution in [3.63, 3.8) is 0 Å². The van der Waals surface area contributed by atoms with E-state index in [4.69, 9.17) is 21.3 Å². The van der Waals surface area contributed by atoms with Crippen LogP contribution in [-0.2, 0) is 26.3 Å². The summed E-state index contributed by atoms with van der Waals surface area (Å²) in [6, 6.07) is 16.2. The van der Waals surface area contributed by atoms with E-state index in [9.17, 15) is 19.2 Å². The van der Waals surface area contributed by atoms with Crippen LogP contribution in [0.3, 0.4) is 0 Å². The first-order chi connectivity index (χ1) is 34.5. The molecule has 5 fully saturated rings. The van der Waals surface area contributed by atoms with Crippen molar-refractivity contribution in [2.75, 3.05) is 37.4 Å². The second kappa shape index (κ2) is 17.7. The Labute approximate surface area is 424 Å². The molecule has 1 aromatic heterocycles. The third-order valence-electron chi connectivity index (χ3n) is 17.7. The number of methoxy groups -OCH3 is 1. The fourth-order valence-electron chi connectivity index (χ4n) is 13.2. The molecule has 6 heterocycles. The zero-order valence-electron chi connectivity index (χ0n) is 41.5. The van der Waals surface area contributed by atoms with Gasteiger partial charge in [-0.25, -0.2) is 4.39 Å². The van der Waals surface area contributed by atoms with Crippen LogP contribution in [0, 0.1) is 34.4 Å². The number of anilines is 2. The van der Waals surface area contributed by atoms with Crippen LogP contribution in [0.25, 0.3) is 0 Å². The third-order valence-corrected chi connectivity index (χ3v) is 18.0. The monoisotopic (exact) mass is 993 g/mol.